The molecule has 0 fully saturated rings. The number of rotatable bonds is 5. The Morgan fingerprint density at radius 1 is 1.47 bits per heavy atom. The number of hydrogen-bond acceptors (Lipinski definition) is 3. The van der Waals surface area contributed by atoms with Gasteiger partial charge in [0.2, 0.25) is 0 Å². The fraction of sp³-hybridized carbons (Fsp3) is 0.615. The van der Waals surface area contributed by atoms with Gasteiger partial charge in [-0.05, 0) is 37.9 Å². The number of amides is 1. The van der Waals surface area contributed by atoms with Crippen molar-refractivity contribution in [1.82, 2.24) is 4.90 Å². The molecule has 0 saturated carbocycles. The monoisotopic (exact) mass is 254 g/mol. The van der Waals surface area contributed by atoms with Crippen LogP contribution in [0, 0.1) is 12.3 Å². The van der Waals surface area contributed by atoms with Crippen LogP contribution in [0.4, 0.5) is 0 Å². The maximum absolute atomic E-state index is 12.3. The molecule has 1 aromatic rings. The molecule has 1 heterocycles. The first-order chi connectivity index (χ1) is 7.89. The van der Waals surface area contributed by atoms with E-state index in [-0.39, 0.29) is 11.3 Å². The van der Waals surface area contributed by atoms with E-state index in [2.05, 4.69) is 13.8 Å². The van der Waals surface area contributed by atoms with Crippen molar-refractivity contribution in [3.05, 3.63) is 21.9 Å². The summed E-state index contributed by atoms with van der Waals surface area (Å²) in [6.45, 7) is 10.2. The SMILES string of the molecule is CCN(CC(C)(C)CN)C(=O)c1ccc(C)s1. The quantitative estimate of drug-likeness (QED) is 0.877. The first-order valence-electron chi connectivity index (χ1n) is 5.95. The third kappa shape index (κ3) is 3.82. The first-order valence-corrected chi connectivity index (χ1v) is 6.77. The zero-order valence-electron chi connectivity index (χ0n) is 11.1. The second-order valence-electron chi connectivity index (χ2n) is 5.10. The van der Waals surface area contributed by atoms with Crippen molar-refractivity contribution in [2.45, 2.75) is 27.7 Å². The molecule has 0 unspecified atom stereocenters. The third-order valence-electron chi connectivity index (χ3n) is 2.79. The Labute approximate surface area is 108 Å². The summed E-state index contributed by atoms with van der Waals surface area (Å²) in [4.78, 5) is 16.1. The zero-order chi connectivity index (χ0) is 13.1. The van der Waals surface area contributed by atoms with Crippen molar-refractivity contribution in [2.75, 3.05) is 19.6 Å². The van der Waals surface area contributed by atoms with Gasteiger partial charge in [0.15, 0.2) is 0 Å². The Bertz CT molecular complexity index is 385. The van der Waals surface area contributed by atoms with E-state index in [9.17, 15) is 4.79 Å². The van der Waals surface area contributed by atoms with Gasteiger partial charge in [0, 0.05) is 18.0 Å². The molecular weight excluding hydrogens is 232 g/mol. The molecule has 0 saturated heterocycles. The predicted octanol–water partition coefficient (Wildman–Crippen LogP) is 2.50. The van der Waals surface area contributed by atoms with Crippen LogP contribution in [0.5, 0.6) is 0 Å². The molecule has 0 aliphatic carbocycles. The lowest BCUT2D eigenvalue weighted by molar-refractivity contribution is 0.0705. The van der Waals surface area contributed by atoms with Crippen LogP contribution in [-0.4, -0.2) is 30.4 Å². The third-order valence-corrected chi connectivity index (χ3v) is 3.78. The van der Waals surface area contributed by atoms with Crippen LogP contribution < -0.4 is 5.73 Å². The van der Waals surface area contributed by atoms with Gasteiger partial charge in [-0.1, -0.05) is 13.8 Å². The average molecular weight is 254 g/mol. The standard InChI is InChI=1S/C13H22N2OS/c1-5-15(9-13(3,4)8-14)12(16)11-7-6-10(2)17-11/h6-7H,5,8-9,14H2,1-4H3. The maximum atomic E-state index is 12.3. The normalized spacial score (nSPS) is 11.6. The lowest BCUT2D eigenvalue weighted by Gasteiger charge is -2.30. The molecule has 0 spiro atoms. The molecule has 4 heteroatoms. The van der Waals surface area contributed by atoms with Crippen molar-refractivity contribution in [2.24, 2.45) is 11.1 Å². The van der Waals surface area contributed by atoms with E-state index in [1.54, 1.807) is 11.3 Å². The Morgan fingerprint density at radius 3 is 2.53 bits per heavy atom. The average Bonchev–Trinajstić information content (AvgIpc) is 2.72. The molecule has 0 radical (unpaired) electrons. The van der Waals surface area contributed by atoms with Gasteiger partial charge < -0.3 is 10.6 Å². The lowest BCUT2D eigenvalue weighted by atomic mass is 9.93. The van der Waals surface area contributed by atoms with E-state index in [4.69, 9.17) is 5.73 Å². The summed E-state index contributed by atoms with van der Waals surface area (Å²) in [7, 11) is 0. The largest absolute Gasteiger partial charge is 0.338 e. The second kappa shape index (κ2) is 5.65. The van der Waals surface area contributed by atoms with E-state index in [1.807, 2.05) is 30.9 Å². The van der Waals surface area contributed by atoms with Crippen LogP contribution in [0.15, 0.2) is 12.1 Å². The van der Waals surface area contributed by atoms with Gasteiger partial charge in [0.1, 0.15) is 0 Å². The van der Waals surface area contributed by atoms with Gasteiger partial charge in [-0.2, -0.15) is 0 Å². The van der Waals surface area contributed by atoms with Gasteiger partial charge in [-0.25, -0.2) is 0 Å². The number of nitrogens with zero attached hydrogens (tertiary/aromatic N) is 1. The summed E-state index contributed by atoms with van der Waals surface area (Å²) < 4.78 is 0. The van der Waals surface area contributed by atoms with Gasteiger partial charge in [-0.15, -0.1) is 11.3 Å². The Balaban J connectivity index is 2.78. The maximum Gasteiger partial charge on any atom is 0.263 e. The van der Waals surface area contributed by atoms with Crippen molar-refractivity contribution in [1.29, 1.82) is 0 Å². The van der Waals surface area contributed by atoms with Crippen LogP contribution in [-0.2, 0) is 0 Å². The van der Waals surface area contributed by atoms with Gasteiger partial charge in [0.25, 0.3) is 5.91 Å². The van der Waals surface area contributed by atoms with Crippen LogP contribution in [0.2, 0.25) is 0 Å². The highest BCUT2D eigenvalue weighted by atomic mass is 32.1. The van der Waals surface area contributed by atoms with Crippen molar-refractivity contribution in [3.63, 3.8) is 0 Å². The number of hydrogen-bond donors (Lipinski definition) is 1. The molecule has 96 valence electrons. The minimum Gasteiger partial charge on any atom is -0.338 e. The second-order valence-corrected chi connectivity index (χ2v) is 6.39. The molecular formula is C13H22N2OS. The van der Waals surface area contributed by atoms with Crippen molar-refractivity contribution >= 4 is 17.2 Å². The van der Waals surface area contributed by atoms with Crippen LogP contribution in [0.1, 0.15) is 35.3 Å². The summed E-state index contributed by atoms with van der Waals surface area (Å²) >= 11 is 1.55. The molecule has 0 bridgehead atoms. The predicted molar refractivity (Wildman–Crippen MR) is 73.5 cm³/mol. The molecule has 0 aliphatic heterocycles. The number of thiophene rings is 1. The Morgan fingerprint density at radius 2 is 2.12 bits per heavy atom. The van der Waals surface area contributed by atoms with Gasteiger partial charge >= 0.3 is 0 Å². The van der Waals surface area contributed by atoms with E-state index in [1.165, 1.54) is 4.88 Å². The summed E-state index contributed by atoms with van der Waals surface area (Å²) in [6, 6.07) is 3.89. The summed E-state index contributed by atoms with van der Waals surface area (Å²) in [5, 5.41) is 0. The Kier molecular flexibility index (Phi) is 4.71. The Hall–Kier alpha value is -0.870. The van der Waals surface area contributed by atoms with Crippen LogP contribution in [0.25, 0.3) is 0 Å². The highest BCUT2D eigenvalue weighted by molar-refractivity contribution is 7.13. The molecule has 1 amide bonds. The number of aryl methyl sites for hydroxylation is 1. The highest BCUT2D eigenvalue weighted by Gasteiger charge is 2.24. The smallest absolute Gasteiger partial charge is 0.263 e. The van der Waals surface area contributed by atoms with Gasteiger partial charge in [0.05, 0.1) is 4.88 Å². The summed E-state index contributed by atoms with van der Waals surface area (Å²) in [5.41, 5.74) is 5.69. The number of carbonyl (C=O) groups is 1. The fourth-order valence-corrected chi connectivity index (χ4v) is 2.45. The molecule has 17 heavy (non-hydrogen) atoms. The minimum absolute atomic E-state index is 0.0298. The first kappa shape index (κ1) is 14.2. The number of nitrogens with two attached hydrogens (primary N) is 1. The van der Waals surface area contributed by atoms with Crippen molar-refractivity contribution in [3.8, 4) is 0 Å². The summed E-state index contributed by atoms with van der Waals surface area (Å²) in [6.07, 6.45) is 0. The zero-order valence-corrected chi connectivity index (χ0v) is 11.9. The molecule has 1 rings (SSSR count). The van der Waals surface area contributed by atoms with Gasteiger partial charge in [-0.3, -0.25) is 4.79 Å². The highest BCUT2D eigenvalue weighted by Crippen LogP contribution is 2.20. The van der Waals surface area contributed by atoms with Crippen molar-refractivity contribution < 1.29 is 4.79 Å². The van der Waals surface area contributed by atoms with E-state index in [0.717, 1.165) is 11.4 Å². The molecule has 0 aromatic carbocycles. The molecule has 0 aliphatic rings. The fourth-order valence-electron chi connectivity index (χ4n) is 1.61. The molecule has 1 aromatic heterocycles. The van der Waals surface area contributed by atoms with E-state index in [0.29, 0.717) is 13.1 Å². The topological polar surface area (TPSA) is 46.3 Å². The molecule has 2 N–H and O–H groups in total. The minimum atomic E-state index is -0.0298. The number of carbonyl (C=O) groups excluding carboxylic acids is 1. The van der Waals surface area contributed by atoms with Crippen LogP contribution in [0.3, 0.4) is 0 Å². The molecule has 0 atom stereocenters. The molecule has 3 nitrogen and oxygen atoms in total. The van der Waals surface area contributed by atoms with E-state index >= 15 is 0 Å². The van der Waals surface area contributed by atoms with E-state index < -0.39 is 0 Å². The van der Waals surface area contributed by atoms with Crippen LogP contribution >= 0.6 is 11.3 Å². The summed E-state index contributed by atoms with van der Waals surface area (Å²) in [5.74, 6) is 0.118. The lowest BCUT2D eigenvalue weighted by Crippen LogP contribution is -2.41.